The van der Waals surface area contributed by atoms with Gasteiger partial charge in [0.05, 0.1) is 27.5 Å². The molecule has 0 saturated heterocycles. The number of hydrogen-bond acceptors (Lipinski definition) is 4. The lowest BCUT2D eigenvalue weighted by Crippen LogP contribution is -2.12. The van der Waals surface area contributed by atoms with Crippen molar-refractivity contribution >= 4 is 66.6 Å². The number of aromatic nitrogens is 2. The second-order valence-electron chi connectivity index (χ2n) is 8.38. The molecule has 0 radical (unpaired) electrons. The number of aromatic amines is 1. The third-order valence-corrected chi connectivity index (χ3v) is 6.91. The van der Waals surface area contributed by atoms with Gasteiger partial charge in [-0.25, -0.2) is 4.98 Å². The number of hydrogen-bond donors (Lipinski definition) is 2. The molecule has 0 bridgehead atoms. The number of rotatable bonds is 7. The molecule has 0 aliphatic heterocycles. The number of carbonyl (C=O) groups excluding carboxylic acids is 1. The summed E-state index contributed by atoms with van der Waals surface area (Å²) >= 11 is 9.64. The predicted molar refractivity (Wildman–Crippen MR) is 146 cm³/mol. The number of amides is 1. The Labute approximate surface area is 219 Å². The van der Waals surface area contributed by atoms with Crippen LogP contribution in [0.15, 0.2) is 77.3 Å². The highest BCUT2D eigenvalue weighted by Gasteiger charge is 2.17. The average molecular weight is 564 g/mol. The smallest absolute Gasteiger partial charge is 0.271 e. The van der Waals surface area contributed by atoms with Gasteiger partial charge in [0.15, 0.2) is 0 Å². The van der Waals surface area contributed by atoms with E-state index in [0.717, 1.165) is 38.8 Å². The molecule has 0 aliphatic rings. The van der Waals surface area contributed by atoms with Gasteiger partial charge in [0.2, 0.25) is 5.91 Å². The summed E-state index contributed by atoms with van der Waals surface area (Å²) in [6.07, 6.45) is 1.43. The Morgan fingerprint density at radius 1 is 1.08 bits per heavy atom. The van der Waals surface area contributed by atoms with Crippen LogP contribution in [0.1, 0.15) is 18.4 Å². The van der Waals surface area contributed by atoms with Crippen LogP contribution in [0.25, 0.3) is 33.2 Å². The van der Waals surface area contributed by atoms with Gasteiger partial charge >= 0.3 is 0 Å². The van der Waals surface area contributed by atoms with E-state index < -0.39 is 4.92 Å². The van der Waals surface area contributed by atoms with Crippen molar-refractivity contribution in [2.45, 2.75) is 19.3 Å². The molecule has 2 heterocycles. The van der Waals surface area contributed by atoms with E-state index in [4.69, 9.17) is 16.6 Å². The van der Waals surface area contributed by atoms with Gasteiger partial charge in [-0.05, 0) is 70.7 Å². The van der Waals surface area contributed by atoms with Crippen molar-refractivity contribution in [3.63, 3.8) is 0 Å². The highest BCUT2D eigenvalue weighted by molar-refractivity contribution is 9.10. The number of halogens is 2. The lowest BCUT2D eigenvalue weighted by Gasteiger charge is -2.09. The van der Waals surface area contributed by atoms with E-state index >= 15 is 0 Å². The molecule has 36 heavy (non-hydrogen) atoms. The molecule has 0 fully saturated rings. The van der Waals surface area contributed by atoms with Gasteiger partial charge in [-0.15, -0.1) is 0 Å². The molecule has 0 unspecified atom stereocenters. The molecule has 1 amide bonds. The van der Waals surface area contributed by atoms with E-state index in [2.05, 4.69) is 26.2 Å². The van der Waals surface area contributed by atoms with Crippen LogP contribution < -0.4 is 5.32 Å². The number of non-ortho nitro benzene ring substituents is 1. The number of anilines is 1. The highest BCUT2D eigenvalue weighted by Crippen LogP contribution is 2.33. The van der Waals surface area contributed by atoms with Crippen molar-refractivity contribution in [3.8, 4) is 11.4 Å². The quantitative estimate of drug-likeness (QED) is 0.157. The fraction of sp³-hybridized carbons (Fsp3) is 0.111. The lowest BCUT2D eigenvalue weighted by molar-refractivity contribution is -0.384. The number of carbonyl (C=O) groups is 1. The van der Waals surface area contributed by atoms with E-state index in [0.29, 0.717) is 28.0 Å². The van der Waals surface area contributed by atoms with Crippen molar-refractivity contribution in [2.24, 2.45) is 0 Å². The molecule has 0 spiro atoms. The Morgan fingerprint density at radius 3 is 2.75 bits per heavy atom. The van der Waals surface area contributed by atoms with Crippen molar-refractivity contribution < 1.29 is 9.72 Å². The normalized spacial score (nSPS) is 11.2. The first-order chi connectivity index (χ1) is 17.4. The van der Waals surface area contributed by atoms with Crippen molar-refractivity contribution in [2.75, 3.05) is 5.32 Å². The van der Waals surface area contributed by atoms with Crippen molar-refractivity contribution in [1.29, 1.82) is 0 Å². The number of nitro groups is 1. The van der Waals surface area contributed by atoms with E-state index in [1.165, 1.54) is 12.1 Å². The molecular weight excluding hydrogens is 544 g/mol. The predicted octanol–water partition coefficient (Wildman–Crippen LogP) is 7.67. The average Bonchev–Trinajstić information content (AvgIpc) is 3.22. The van der Waals surface area contributed by atoms with Gasteiger partial charge in [0, 0.05) is 44.3 Å². The monoisotopic (exact) mass is 562 g/mol. The van der Waals surface area contributed by atoms with Gasteiger partial charge in [0.1, 0.15) is 0 Å². The zero-order valence-electron chi connectivity index (χ0n) is 18.9. The third-order valence-electron chi connectivity index (χ3n) is 5.99. The second-order valence-corrected chi connectivity index (χ2v) is 9.67. The summed E-state index contributed by atoms with van der Waals surface area (Å²) in [4.78, 5) is 31.6. The van der Waals surface area contributed by atoms with E-state index in [9.17, 15) is 14.9 Å². The van der Waals surface area contributed by atoms with Gasteiger partial charge < -0.3 is 10.3 Å². The Morgan fingerprint density at radius 2 is 1.92 bits per heavy atom. The maximum atomic E-state index is 12.7. The molecule has 0 aliphatic carbocycles. The first kappa shape index (κ1) is 24.0. The zero-order chi connectivity index (χ0) is 25.2. The van der Waals surface area contributed by atoms with Crippen LogP contribution in [0.3, 0.4) is 0 Å². The van der Waals surface area contributed by atoms with Crippen LogP contribution in [0.2, 0.25) is 5.02 Å². The second kappa shape index (κ2) is 10.1. The van der Waals surface area contributed by atoms with Crippen molar-refractivity contribution in [1.82, 2.24) is 9.97 Å². The number of nitro benzene ring substituents is 1. The third kappa shape index (κ3) is 4.96. The van der Waals surface area contributed by atoms with E-state index in [-0.39, 0.29) is 18.0 Å². The fourth-order valence-electron chi connectivity index (χ4n) is 4.26. The first-order valence-electron chi connectivity index (χ1n) is 11.3. The summed E-state index contributed by atoms with van der Waals surface area (Å²) < 4.78 is 0.581. The number of pyridine rings is 1. The SMILES string of the molecule is O=C(CCCc1c(-c2ccc3ccccc3n2)[nH]c2ccc(Cl)cc12)Nc1cc([N+](=O)[O-])ccc1Br. The summed E-state index contributed by atoms with van der Waals surface area (Å²) in [5, 5.41) is 16.5. The van der Waals surface area contributed by atoms with Gasteiger partial charge in [-0.3, -0.25) is 14.9 Å². The Balaban J connectivity index is 1.39. The maximum Gasteiger partial charge on any atom is 0.271 e. The topological polar surface area (TPSA) is 101 Å². The number of fused-ring (bicyclic) bond motifs is 2. The number of para-hydroxylation sites is 1. The number of H-pyrrole nitrogens is 1. The van der Waals surface area contributed by atoms with Crippen LogP contribution >= 0.6 is 27.5 Å². The maximum absolute atomic E-state index is 12.7. The van der Waals surface area contributed by atoms with E-state index in [1.807, 2.05) is 54.6 Å². The molecule has 0 saturated carbocycles. The van der Waals surface area contributed by atoms with Crippen LogP contribution in [0.5, 0.6) is 0 Å². The molecule has 5 rings (SSSR count). The minimum atomic E-state index is -0.493. The summed E-state index contributed by atoms with van der Waals surface area (Å²) in [6, 6.07) is 22.0. The molecule has 3 aromatic carbocycles. The van der Waals surface area contributed by atoms with Gasteiger partial charge in [-0.2, -0.15) is 0 Å². The first-order valence-corrected chi connectivity index (χ1v) is 12.5. The molecular formula is C27H20BrClN4O3. The minimum Gasteiger partial charge on any atom is -0.353 e. The fourth-order valence-corrected chi connectivity index (χ4v) is 4.78. The Kier molecular flexibility index (Phi) is 6.71. The van der Waals surface area contributed by atoms with E-state index in [1.54, 1.807) is 6.07 Å². The molecule has 0 atom stereocenters. The minimum absolute atomic E-state index is 0.0864. The highest BCUT2D eigenvalue weighted by atomic mass is 79.9. The Bertz CT molecular complexity index is 1630. The molecule has 7 nitrogen and oxygen atoms in total. The summed E-state index contributed by atoms with van der Waals surface area (Å²) in [5.74, 6) is -0.223. The molecule has 5 aromatic rings. The molecule has 2 N–H and O–H groups in total. The number of benzene rings is 3. The molecule has 180 valence electrons. The van der Waals surface area contributed by atoms with Gasteiger partial charge in [-0.1, -0.05) is 35.9 Å². The zero-order valence-corrected chi connectivity index (χ0v) is 21.3. The van der Waals surface area contributed by atoms with Crippen LogP contribution in [0, 0.1) is 10.1 Å². The molecule has 2 aromatic heterocycles. The largest absolute Gasteiger partial charge is 0.353 e. The standard InChI is InChI=1S/C27H20BrClN4O3/c28-21-11-10-18(33(35)36)15-25(21)31-26(34)7-3-5-19-20-14-17(29)9-13-23(20)32-27(19)24-12-8-16-4-1-2-6-22(16)30-24/h1-2,4,6,8-15,32H,3,5,7H2,(H,31,34). The summed E-state index contributed by atoms with van der Waals surface area (Å²) in [6.45, 7) is 0. The molecule has 9 heteroatoms. The van der Waals surface area contributed by atoms with Crippen molar-refractivity contribution in [3.05, 3.63) is 98.0 Å². The van der Waals surface area contributed by atoms with Crippen LogP contribution in [-0.4, -0.2) is 20.8 Å². The number of nitrogens with zero attached hydrogens (tertiary/aromatic N) is 2. The van der Waals surface area contributed by atoms with Gasteiger partial charge in [0.25, 0.3) is 5.69 Å². The Hall–Kier alpha value is -3.75. The number of nitrogens with one attached hydrogen (secondary N) is 2. The van der Waals surface area contributed by atoms with Crippen LogP contribution in [0.4, 0.5) is 11.4 Å². The number of aryl methyl sites for hydroxylation is 1. The summed E-state index contributed by atoms with van der Waals surface area (Å²) in [7, 11) is 0. The lowest BCUT2D eigenvalue weighted by atomic mass is 10.0. The summed E-state index contributed by atoms with van der Waals surface area (Å²) in [5.41, 5.74) is 4.90. The van der Waals surface area contributed by atoms with Crippen LogP contribution in [-0.2, 0) is 11.2 Å².